The van der Waals surface area contributed by atoms with Gasteiger partial charge in [-0.15, -0.1) is 0 Å². The summed E-state index contributed by atoms with van der Waals surface area (Å²) in [7, 11) is 0. The van der Waals surface area contributed by atoms with Crippen molar-refractivity contribution in [2.75, 3.05) is 6.54 Å². The van der Waals surface area contributed by atoms with Crippen LogP contribution in [0.4, 0.5) is 4.79 Å². The van der Waals surface area contributed by atoms with E-state index in [1.165, 1.54) is 11.8 Å². The fourth-order valence-electron chi connectivity index (χ4n) is 2.22. The van der Waals surface area contributed by atoms with Crippen molar-refractivity contribution in [2.24, 2.45) is 5.84 Å². The van der Waals surface area contributed by atoms with E-state index in [2.05, 4.69) is 0 Å². The van der Waals surface area contributed by atoms with Gasteiger partial charge in [0.2, 0.25) is 5.91 Å². The Hall–Kier alpha value is -1.67. The van der Waals surface area contributed by atoms with Crippen molar-refractivity contribution in [3.8, 4) is 0 Å². The van der Waals surface area contributed by atoms with E-state index in [0.717, 1.165) is 0 Å². The first-order valence-electron chi connectivity index (χ1n) is 5.31. The summed E-state index contributed by atoms with van der Waals surface area (Å²) in [4.78, 5) is 35.7. The lowest BCUT2D eigenvalue weighted by Crippen LogP contribution is -2.54. The van der Waals surface area contributed by atoms with Crippen LogP contribution in [0, 0.1) is 0 Å². The highest BCUT2D eigenvalue weighted by atomic mass is 16.5. The second-order valence-corrected chi connectivity index (χ2v) is 4.25. The molecule has 8 nitrogen and oxygen atoms in total. The number of hydrazine groups is 1. The molecule has 0 spiro atoms. The minimum absolute atomic E-state index is 0.268. The second-order valence-electron chi connectivity index (χ2n) is 4.25. The number of amides is 4. The number of urea groups is 1. The predicted molar refractivity (Wildman–Crippen MR) is 54.3 cm³/mol. The Labute approximate surface area is 97.5 Å². The van der Waals surface area contributed by atoms with Crippen LogP contribution in [-0.4, -0.2) is 56.7 Å². The van der Waals surface area contributed by atoms with Gasteiger partial charge < -0.3 is 4.90 Å². The van der Waals surface area contributed by atoms with Gasteiger partial charge in [-0.3, -0.25) is 14.8 Å². The molecule has 2 bridgehead atoms. The molecule has 2 rings (SSSR count). The number of hydroxylamine groups is 2. The molecular formula is C9H14N4O4. The number of rotatable bonds is 1. The normalized spacial score (nSPS) is 27.4. The van der Waals surface area contributed by atoms with Crippen molar-refractivity contribution < 1.29 is 19.6 Å². The fraction of sp³-hybridized carbons (Fsp3) is 0.667. The Morgan fingerprint density at radius 1 is 1.47 bits per heavy atom. The number of hydrogen-bond acceptors (Lipinski definition) is 5. The smallest absolute Gasteiger partial charge is 0.309 e. The van der Waals surface area contributed by atoms with Crippen molar-refractivity contribution in [2.45, 2.75) is 31.8 Å². The summed E-state index contributed by atoms with van der Waals surface area (Å²) in [6, 6.07) is -1.64. The molecule has 2 heterocycles. The third kappa shape index (κ3) is 1.75. The first kappa shape index (κ1) is 11.8. The Kier molecular flexibility index (Phi) is 2.76. The van der Waals surface area contributed by atoms with Crippen LogP contribution in [-0.2, 0) is 9.59 Å². The van der Waals surface area contributed by atoms with Gasteiger partial charge in [0.1, 0.15) is 6.04 Å². The van der Waals surface area contributed by atoms with E-state index >= 15 is 0 Å². The molecule has 2 aliphatic heterocycles. The fourth-order valence-corrected chi connectivity index (χ4v) is 2.22. The van der Waals surface area contributed by atoms with Crippen LogP contribution in [0.3, 0.4) is 0 Å². The molecule has 2 atom stereocenters. The Morgan fingerprint density at radius 3 is 2.71 bits per heavy atom. The standard InChI is InChI=1S/C9H14N4O4/c1-5(14)12(10)8(15)7-3-2-6-4-11(7)9(16)13(6)17/h6-7,17H,2-4,10H2,1H3/t6-,7+/m1/s1. The lowest BCUT2D eigenvalue weighted by molar-refractivity contribution is -0.147. The molecule has 0 aromatic rings. The highest BCUT2D eigenvalue weighted by molar-refractivity contribution is 5.98. The molecule has 94 valence electrons. The van der Waals surface area contributed by atoms with E-state index < -0.39 is 23.9 Å². The van der Waals surface area contributed by atoms with Crippen LogP contribution in [0.25, 0.3) is 0 Å². The summed E-state index contributed by atoms with van der Waals surface area (Å²) in [6.07, 6.45) is 0.911. The van der Waals surface area contributed by atoms with E-state index in [-0.39, 0.29) is 12.6 Å². The zero-order valence-electron chi connectivity index (χ0n) is 9.37. The molecule has 4 amide bonds. The molecule has 2 saturated heterocycles. The van der Waals surface area contributed by atoms with Crippen LogP contribution in [0.1, 0.15) is 19.8 Å². The predicted octanol–water partition coefficient (Wildman–Crippen LogP) is -1.11. The zero-order chi connectivity index (χ0) is 12.7. The van der Waals surface area contributed by atoms with Gasteiger partial charge in [0, 0.05) is 13.5 Å². The van der Waals surface area contributed by atoms with Crippen LogP contribution < -0.4 is 5.84 Å². The van der Waals surface area contributed by atoms with Crippen molar-refractivity contribution in [1.82, 2.24) is 15.0 Å². The maximum atomic E-state index is 11.9. The number of carbonyl (C=O) groups excluding carboxylic acids is 3. The Balaban J connectivity index is 2.16. The average Bonchev–Trinajstić information content (AvgIpc) is 2.53. The molecule has 3 N–H and O–H groups in total. The van der Waals surface area contributed by atoms with Gasteiger partial charge in [-0.1, -0.05) is 0 Å². The Bertz CT molecular complexity index is 385. The minimum Gasteiger partial charge on any atom is -0.309 e. The highest BCUT2D eigenvalue weighted by Crippen LogP contribution is 2.28. The average molecular weight is 242 g/mol. The van der Waals surface area contributed by atoms with E-state index in [9.17, 15) is 19.6 Å². The third-order valence-electron chi connectivity index (χ3n) is 3.21. The summed E-state index contributed by atoms with van der Waals surface area (Å²) in [5.74, 6) is 4.13. The SMILES string of the molecule is CC(=O)N(N)C(=O)[C@@H]1CC[C@@H]2CN1C(=O)N2O. The van der Waals surface area contributed by atoms with Crippen molar-refractivity contribution in [3.63, 3.8) is 0 Å². The van der Waals surface area contributed by atoms with Gasteiger partial charge in [0.05, 0.1) is 6.04 Å². The quantitative estimate of drug-likeness (QED) is 0.262. The minimum atomic E-state index is -0.759. The number of nitrogens with zero attached hydrogens (tertiary/aromatic N) is 3. The summed E-state index contributed by atoms with van der Waals surface area (Å²) in [6.45, 7) is 1.46. The maximum Gasteiger partial charge on any atom is 0.344 e. The van der Waals surface area contributed by atoms with E-state index in [0.29, 0.717) is 22.9 Å². The third-order valence-corrected chi connectivity index (χ3v) is 3.21. The lowest BCUT2D eigenvalue weighted by atomic mass is 10.00. The number of fused-ring (bicyclic) bond motifs is 2. The molecule has 2 fully saturated rings. The first-order valence-corrected chi connectivity index (χ1v) is 5.31. The van der Waals surface area contributed by atoms with E-state index in [1.807, 2.05) is 0 Å². The van der Waals surface area contributed by atoms with Crippen LogP contribution in [0.2, 0.25) is 0 Å². The van der Waals surface area contributed by atoms with Gasteiger partial charge in [0.25, 0.3) is 5.91 Å². The first-order chi connectivity index (χ1) is 7.93. The van der Waals surface area contributed by atoms with Crippen molar-refractivity contribution >= 4 is 17.8 Å². The monoisotopic (exact) mass is 242 g/mol. The number of carbonyl (C=O) groups is 3. The van der Waals surface area contributed by atoms with Crippen LogP contribution in [0.5, 0.6) is 0 Å². The summed E-state index contributed by atoms with van der Waals surface area (Å²) in [5, 5.41) is 10.6. The zero-order valence-corrected chi connectivity index (χ0v) is 9.37. The lowest BCUT2D eigenvalue weighted by Gasteiger charge is -2.30. The van der Waals surface area contributed by atoms with Crippen molar-refractivity contribution in [1.29, 1.82) is 0 Å². The molecule has 0 unspecified atom stereocenters. The van der Waals surface area contributed by atoms with Crippen LogP contribution >= 0.6 is 0 Å². The molecule has 0 radical (unpaired) electrons. The van der Waals surface area contributed by atoms with Gasteiger partial charge in [-0.05, 0) is 12.8 Å². The molecule has 0 aliphatic carbocycles. The number of nitrogens with two attached hydrogens (primary N) is 1. The van der Waals surface area contributed by atoms with E-state index in [1.54, 1.807) is 0 Å². The molecule has 2 aliphatic rings. The number of hydrogen-bond donors (Lipinski definition) is 2. The topological polar surface area (TPSA) is 107 Å². The van der Waals surface area contributed by atoms with Crippen molar-refractivity contribution in [3.05, 3.63) is 0 Å². The van der Waals surface area contributed by atoms with Gasteiger partial charge in [0.15, 0.2) is 0 Å². The van der Waals surface area contributed by atoms with E-state index in [4.69, 9.17) is 5.84 Å². The molecule has 0 aromatic heterocycles. The molecular weight excluding hydrogens is 228 g/mol. The summed E-state index contributed by atoms with van der Waals surface area (Å²) < 4.78 is 0. The highest BCUT2D eigenvalue weighted by Gasteiger charge is 2.47. The van der Waals surface area contributed by atoms with Gasteiger partial charge in [-0.2, -0.15) is 0 Å². The molecule has 0 saturated carbocycles. The van der Waals surface area contributed by atoms with Gasteiger partial charge in [-0.25, -0.2) is 20.7 Å². The Morgan fingerprint density at radius 2 is 2.12 bits per heavy atom. The molecule has 0 aromatic carbocycles. The summed E-state index contributed by atoms with van der Waals surface area (Å²) >= 11 is 0. The molecule has 17 heavy (non-hydrogen) atoms. The number of imide groups is 1. The van der Waals surface area contributed by atoms with Gasteiger partial charge >= 0.3 is 6.03 Å². The summed E-state index contributed by atoms with van der Waals surface area (Å²) in [5.41, 5.74) is 0. The molecule has 8 heteroatoms. The number of piperidine rings is 1. The second kappa shape index (κ2) is 3.97. The largest absolute Gasteiger partial charge is 0.344 e. The maximum absolute atomic E-state index is 11.9. The van der Waals surface area contributed by atoms with Crippen LogP contribution in [0.15, 0.2) is 0 Å².